The molecule has 1 aliphatic rings. The zero-order valence-corrected chi connectivity index (χ0v) is 15.1. The molecule has 3 rings (SSSR count). The smallest absolute Gasteiger partial charge is 0.102 e. The van der Waals surface area contributed by atoms with Crippen LogP contribution in [-0.2, 0) is 6.54 Å². The molecule has 0 unspecified atom stereocenters. The van der Waals surface area contributed by atoms with Crippen LogP contribution in [0, 0.1) is 18.3 Å². The first kappa shape index (κ1) is 17.5. The van der Waals surface area contributed by atoms with Crippen LogP contribution in [0.2, 0.25) is 0 Å². The average molecular weight is 355 g/mol. The predicted octanol–water partition coefficient (Wildman–Crippen LogP) is 4.54. The number of nitriles is 1. The first-order valence-corrected chi connectivity index (χ1v) is 9.77. The highest BCUT2D eigenvalue weighted by atomic mass is 32.3. The predicted molar refractivity (Wildman–Crippen MR) is 101 cm³/mol. The second-order valence-electron chi connectivity index (χ2n) is 6.19. The van der Waals surface area contributed by atoms with Gasteiger partial charge in [0.05, 0.1) is 21.9 Å². The number of amidine groups is 1. The summed E-state index contributed by atoms with van der Waals surface area (Å²) in [5.74, 6) is 1.03. The lowest BCUT2D eigenvalue weighted by Crippen LogP contribution is -2.30. The summed E-state index contributed by atoms with van der Waals surface area (Å²) in [5.41, 5.74) is 3.10. The van der Waals surface area contributed by atoms with Crippen LogP contribution in [-0.4, -0.2) is 32.1 Å². The molecule has 2 aromatic carbocycles. The third kappa shape index (κ3) is 3.69. The van der Waals surface area contributed by atoms with E-state index in [0.717, 1.165) is 17.0 Å². The van der Waals surface area contributed by atoms with Crippen LogP contribution in [0.4, 0.5) is 5.69 Å². The third-order valence-electron chi connectivity index (χ3n) is 4.34. The van der Waals surface area contributed by atoms with Gasteiger partial charge in [-0.2, -0.15) is 15.9 Å². The molecule has 0 aliphatic carbocycles. The van der Waals surface area contributed by atoms with Crippen LogP contribution in [0.5, 0.6) is 0 Å². The van der Waals surface area contributed by atoms with Crippen molar-refractivity contribution in [1.29, 1.82) is 5.26 Å². The lowest BCUT2D eigenvalue weighted by atomic mass is 10.1. The summed E-state index contributed by atoms with van der Waals surface area (Å²) >= 11 is 0. The fourth-order valence-corrected chi connectivity index (χ4v) is 4.49. The zero-order chi connectivity index (χ0) is 18.0. The van der Waals surface area contributed by atoms with E-state index in [0.29, 0.717) is 29.2 Å². The second-order valence-corrected chi connectivity index (χ2v) is 8.37. The van der Waals surface area contributed by atoms with Crippen molar-refractivity contribution < 1.29 is 9.11 Å². The van der Waals surface area contributed by atoms with Gasteiger partial charge in [0, 0.05) is 13.1 Å². The van der Waals surface area contributed by atoms with E-state index < -0.39 is 10.6 Å². The molecular weight excluding hydrogens is 334 g/mol. The molecule has 6 heteroatoms. The zero-order valence-electron chi connectivity index (χ0n) is 14.3. The lowest BCUT2D eigenvalue weighted by molar-refractivity contribution is 0.430. The largest absolute Gasteiger partial charge is 0.354 e. The van der Waals surface area contributed by atoms with E-state index in [9.17, 15) is 14.4 Å². The average Bonchev–Trinajstić information content (AvgIpc) is 2.73. The number of nitrogens with zero attached hydrogens (tertiary/aromatic N) is 3. The molecule has 0 radical (unpaired) electrons. The molecule has 0 aromatic heterocycles. The molecule has 2 N–H and O–H groups in total. The van der Waals surface area contributed by atoms with Gasteiger partial charge in [-0.3, -0.25) is 9.11 Å². The first-order chi connectivity index (χ1) is 11.9. The quantitative estimate of drug-likeness (QED) is 0.581. The molecular formula is C19H21N3O2S. The minimum Gasteiger partial charge on any atom is -0.354 e. The molecule has 130 valence electrons. The van der Waals surface area contributed by atoms with Crippen molar-refractivity contribution in [1.82, 2.24) is 4.90 Å². The summed E-state index contributed by atoms with van der Waals surface area (Å²) in [6, 6.07) is 15.2. The van der Waals surface area contributed by atoms with Crippen LogP contribution in [0.3, 0.4) is 0 Å². The molecule has 2 aromatic rings. The number of rotatable bonds is 1. The van der Waals surface area contributed by atoms with Crippen molar-refractivity contribution in [3.05, 3.63) is 59.2 Å². The van der Waals surface area contributed by atoms with Gasteiger partial charge < -0.3 is 4.90 Å². The van der Waals surface area contributed by atoms with Gasteiger partial charge in [0.1, 0.15) is 11.9 Å². The summed E-state index contributed by atoms with van der Waals surface area (Å²) in [4.78, 5) is 7.28. The molecule has 0 bridgehead atoms. The van der Waals surface area contributed by atoms with Crippen LogP contribution in [0.1, 0.15) is 23.6 Å². The normalized spacial score (nSPS) is 18.0. The topological polar surface area (TPSA) is 79.9 Å². The maximum Gasteiger partial charge on any atom is 0.102 e. The number of aryl methyl sites for hydroxylation is 1. The Morgan fingerprint density at radius 2 is 2.00 bits per heavy atom. The fourth-order valence-electron chi connectivity index (χ4n) is 2.94. The van der Waals surface area contributed by atoms with Crippen molar-refractivity contribution >= 4 is 22.1 Å². The molecule has 0 fully saturated rings. The highest BCUT2D eigenvalue weighted by Crippen LogP contribution is 2.51. The monoisotopic (exact) mass is 355 g/mol. The van der Waals surface area contributed by atoms with Gasteiger partial charge in [-0.15, -0.1) is 0 Å². The van der Waals surface area contributed by atoms with E-state index in [2.05, 4.69) is 11.1 Å². The Bertz CT molecular complexity index is 871. The van der Waals surface area contributed by atoms with Crippen molar-refractivity contribution in [3.8, 4) is 6.07 Å². The Kier molecular flexibility index (Phi) is 4.82. The Morgan fingerprint density at radius 1 is 1.24 bits per heavy atom. The van der Waals surface area contributed by atoms with Gasteiger partial charge >= 0.3 is 0 Å². The summed E-state index contributed by atoms with van der Waals surface area (Å²) in [5, 5.41) is 9.31. The summed E-state index contributed by atoms with van der Waals surface area (Å²) in [7, 11) is -2.79. The molecule has 0 amide bonds. The van der Waals surface area contributed by atoms with E-state index in [1.807, 2.05) is 55.1 Å². The van der Waals surface area contributed by atoms with E-state index in [1.165, 1.54) is 0 Å². The van der Waals surface area contributed by atoms with Gasteiger partial charge in [0.15, 0.2) is 0 Å². The molecule has 1 aliphatic heterocycles. The molecule has 1 heterocycles. The molecule has 0 atom stereocenters. The van der Waals surface area contributed by atoms with Crippen LogP contribution >= 0.6 is 10.6 Å². The standard InChI is InChI=1S/C19H21N3O2S/c1-14-7-8-18(17(11-14)12-20)21-15(2)22-9-10-25(23,24)19-6-4-3-5-16(19)13-22/h3-8,11,23-24H,9-10,13H2,1-2H3. The van der Waals surface area contributed by atoms with Crippen molar-refractivity contribution in [2.45, 2.75) is 25.3 Å². The SMILES string of the molecule is CC(=Nc1ccc(C)cc1C#N)N1CCS(O)(O)c2ccccc2C1. The third-order valence-corrected chi connectivity index (χ3v) is 6.20. The van der Waals surface area contributed by atoms with E-state index >= 15 is 0 Å². The minimum absolute atomic E-state index is 0.274. The second kappa shape index (κ2) is 6.89. The van der Waals surface area contributed by atoms with Crippen molar-refractivity contribution in [3.63, 3.8) is 0 Å². The highest BCUT2D eigenvalue weighted by Gasteiger charge is 2.26. The molecule has 0 saturated heterocycles. The summed E-state index contributed by atoms with van der Waals surface area (Å²) in [6.07, 6.45) is 0. The number of hydrogen-bond donors (Lipinski definition) is 2. The molecule has 0 spiro atoms. The van der Waals surface area contributed by atoms with Crippen LogP contribution in [0.25, 0.3) is 0 Å². The Morgan fingerprint density at radius 3 is 2.76 bits per heavy atom. The highest BCUT2D eigenvalue weighted by molar-refractivity contribution is 8.24. The van der Waals surface area contributed by atoms with Gasteiger partial charge in [-0.25, -0.2) is 4.99 Å². The Balaban J connectivity index is 1.94. The van der Waals surface area contributed by atoms with Crippen molar-refractivity contribution in [2.75, 3.05) is 12.3 Å². The molecule has 0 saturated carbocycles. The van der Waals surface area contributed by atoms with E-state index in [1.54, 1.807) is 6.07 Å². The number of benzene rings is 2. The maximum atomic E-state index is 10.4. The van der Waals surface area contributed by atoms with Gasteiger partial charge in [0.25, 0.3) is 0 Å². The number of hydrogen-bond acceptors (Lipinski definition) is 4. The maximum absolute atomic E-state index is 10.4. The number of aliphatic imine (C=N–C) groups is 1. The number of fused-ring (bicyclic) bond motifs is 1. The minimum atomic E-state index is -2.79. The van der Waals surface area contributed by atoms with Crippen molar-refractivity contribution in [2.24, 2.45) is 4.99 Å². The Labute approximate surface area is 149 Å². The first-order valence-electron chi connectivity index (χ1n) is 8.05. The fraction of sp³-hybridized carbons (Fsp3) is 0.263. The van der Waals surface area contributed by atoms with Crippen LogP contribution in [0.15, 0.2) is 52.4 Å². The van der Waals surface area contributed by atoms with E-state index in [-0.39, 0.29) is 5.75 Å². The van der Waals surface area contributed by atoms with E-state index in [4.69, 9.17) is 0 Å². The van der Waals surface area contributed by atoms with Gasteiger partial charge in [0.2, 0.25) is 0 Å². The van der Waals surface area contributed by atoms with Gasteiger partial charge in [-0.05, 0) is 43.2 Å². The molecule has 25 heavy (non-hydrogen) atoms. The lowest BCUT2D eigenvalue weighted by Gasteiger charge is -2.32. The molecule has 5 nitrogen and oxygen atoms in total. The summed E-state index contributed by atoms with van der Waals surface area (Å²) < 4.78 is 20.9. The van der Waals surface area contributed by atoms with Crippen LogP contribution < -0.4 is 0 Å². The Hall–Kier alpha value is -2.33. The van der Waals surface area contributed by atoms with Gasteiger partial charge in [-0.1, -0.05) is 24.3 Å². The summed E-state index contributed by atoms with van der Waals surface area (Å²) in [6.45, 7) is 4.90.